The van der Waals surface area contributed by atoms with E-state index in [1.807, 2.05) is 6.92 Å². The maximum absolute atomic E-state index is 5.55. The van der Waals surface area contributed by atoms with Crippen molar-refractivity contribution in [2.45, 2.75) is 45.1 Å². The maximum Gasteiger partial charge on any atom is 0.229 e. The van der Waals surface area contributed by atoms with Crippen LogP contribution in [-0.4, -0.2) is 22.9 Å². The van der Waals surface area contributed by atoms with Gasteiger partial charge in [0.1, 0.15) is 0 Å². The first-order valence-electron chi connectivity index (χ1n) is 6.74. The summed E-state index contributed by atoms with van der Waals surface area (Å²) in [6, 6.07) is 4.25. The van der Waals surface area contributed by atoms with Crippen molar-refractivity contribution in [3.8, 4) is 0 Å². The number of nitrogens with zero attached hydrogens (tertiary/aromatic N) is 2. The minimum atomic E-state index is 0.380. The van der Waals surface area contributed by atoms with E-state index in [9.17, 15) is 0 Å². The lowest BCUT2D eigenvalue weighted by atomic mass is 9.82. The Balaban J connectivity index is 1.58. The first-order chi connectivity index (χ1) is 9.24. The molecule has 0 aromatic carbocycles. The van der Waals surface area contributed by atoms with Gasteiger partial charge in [-0.1, -0.05) is 5.16 Å². The molecule has 102 valence electrons. The van der Waals surface area contributed by atoms with Gasteiger partial charge in [0, 0.05) is 28.7 Å². The molecule has 5 heteroatoms. The monoisotopic (exact) mass is 278 g/mol. The Morgan fingerprint density at radius 2 is 2.26 bits per heavy atom. The number of thiophene rings is 1. The molecule has 0 radical (unpaired) electrons. The zero-order chi connectivity index (χ0) is 13.2. The number of ether oxygens (including phenoxy) is 1. The quantitative estimate of drug-likeness (QED) is 0.842. The largest absolute Gasteiger partial charge is 0.378 e. The van der Waals surface area contributed by atoms with Crippen LogP contribution in [-0.2, 0) is 11.2 Å². The highest BCUT2D eigenvalue weighted by atomic mass is 32.1. The molecule has 0 unspecified atom stereocenters. The fraction of sp³-hybridized carbons (Fsp3) is 0.571. The number of rotatable bonds is 5. The van der Waals surface area contributed by atoms with Gasteiger partial charge in [-0.3, -0.25) is 0 Å². The second-order valence-corrected chi connectivity index (χ2v) is 6.36. The summed E-state index contributed by atoms with van der Waals surface area (Å²) in [5.74, 6) is 1.96. The summed E-state index contributed by atoms with van der Waals surface area (Å²) in [5.41, 5.74) is 0. The lowest BCUT2D eigenvalue weighted by molar-refractivity contribution is -0.00961. The van der Waals surface area contributed by atoms with Crippen LogP contribution < -0.4 is 0 Å². The van der Waals surface area contributed by atoms with Gasteiger partial charge < -0.3 is 9.26 Å². The summed E-state index contributed by atoms with van der Waals surface area (Å²) in [4.78, 5) is 7.10. The third kappa shape index (κ3) is 2.87. The van der Waals surface area contributed by atoms with Gasteiger partial charge >= 0.3 is 0 Å². The highest BCUT2D eigenvalue weighted by Crippen LogP contribution is 2.37. The molecule has 0 bridgehead atoms. The minimum absolute atomic E-state index is 0.380. The number of hydrogen-bond donors (Lipinski definition) is 0. The van der Waals surface area contributed by atoms with Crippen LogP contribution in [0.5, 0.6) is 0 Å². The van der Waals surface area contributed by atoms with Crippen LogP contribution in [0.25, 0.3) is 0 Å². The van der Waals surface area contributed by atoms with Crippen molar-refractivity contribution in [3.05, 3.63) is 33.6 Å². The van der Waals surface area contributed by atoms with Crippen LogP contribution in [0.2, 0.25) is 0 Å². The van der Waals surface area contributed by atoms with Crippen LogP contribution in [0.4, 0.5) is 0 Å². The molecule has 4 nitrogen and oxygen atoms in total. The third-order valence-corrected chi connectivity index (χ3v) is 4.46. The first-order valence-corrected chi connectivity index (χ1v) is 7.55. The molecule has 1 fully saturated rings. The molecule has 19 heavy (non-hydrogen) atoms. The molecule has 0 amide bonds. The Bertz CT molecular complexity index is 543. The predicted octanol–water partition coefficient (Wildman–Crippen LogP) is 3.31. The van der Waals surface area contributed by atoms with E-state index >= 15 is 0 Å². The van der Waals surface area contributed by atoms with Gasteiger partial charge in [0.25, 0.3) is 0 Å². The average molecular weight is 278 g/mol. The number of aryl methyl sites for hydroxylation is 1. The Labute approximate surface area is 116 Å². The van der Waals surface area contributed by atoms with E-state index in [0.717, 1.165) is 37.6 Å². The van der Waals surface area contributed by atoms with E-state index in [1.54, 1.807) is 11.3 Å². The van der Waals surface area contributed by atoms with Crippen molar-refractivity contribution >= 4 is 11.3 Å². The average Bonchev–Trinajstić information content (AvgIpc) is 2.93. The maximum atomic E-state index is 5.55. The molecule has 2 aromatic rings. The molecule has 2 heterocycles. The zero-order valence-electron chi connectivity index (χ0n) is 11.3. The van der Waals surface area contributed by atoms with Crippen molar-refractivity contribution < 1.29 is 9.26 Å². The Kier molecular flexibility index (Phi) is 3.66. The molecular weight excluding hydrogens is 260 g/mol. The molecule has 2 aromatic heterocycles. The van der Waals surface area contributed by atoms with Gasteiger partial charge in [-0.2, -0.15) is 4.98 Å². The van der Waals surface area contributed by atoms with E-state index < -0.39 is 0 Å². The fourth-order valence-electron chi connectivity index (χ4n) is 2.38. The van der Waals surface area contributed by atoms with E-state index in [-0.39, 0.29) is 0 Å². The Morgan fingerprint density at radius 1 is 1.42 bits per heavy atom. The third-order valence-electron chi connectivity index (χ3n) is 3.46. The summed E-state index contributed by atoms with van der Waals surface area (Å²) in [6.45, 7) is 4.92. The first kappa shape index (κ1) is 12.8. The SMILES string of the molecule is CCOC1CC(c2nc(Cc3ccc(C)s3)no2)C1. The van der Waals surface area contributed by atoms with Crippen LogP contribution in [0.3, 0.4) is 0 Å². The van der Waals surface area contributed by atoms with Crippen LogP contribution in [0.1, 0.15) is 47.2 Å². The van der Waals surface area contributed by atoms with Crippen molar-refractivity contribution in [3.63, 3.8) is 0 Å². The second kappa shape index (κ2) is 5.43. The van der Waals surface area contributed by atoms with Crippen LogP contribution in [0, 0.1) is 6.92 Å². The van der Waals surface area contributed by atoms with Gasteiger partial charge in [0.05, 0.1) is 6.10 Å². The molecule has 1 saturated carbocycles. The summed E-state index contributed by atoms with van der Waals surface area (Å²) < 4.78 is 10.9. The van der Waals surface area contributed by atoms with Crippen molar-refractivity contribution in [1.29, 1.82) is 0 Å². The molecule has 1 aliphatic carbocycles. The second-order valence-electron chi connectivity index (χ2n) is 4.98. The molecule has 0 aliphatic heterocycles. The number of hydrogen-bond acceptors (Lipinski definition) is 5. The van der Waals surface area contributed by atoms with Crippen molar-refractivity contribution in [2.75, 3.05) is 6.61 Å². The summed E-state index contributed by atoms with van der Waals surface area (Å²) >= 11 is 1.79. The minimum Gasteiger partial charge on any atom is -0.378 e. The molecule has 0 saturated heterocycles. The van der Waals surface area contributed by atoms with E-state index in [4.69, 9.17) is 9.26 Å². The van der Waals surface area contributed by atoms with Crippen molar-refractivity contribution in [2.24, 2.45) is 0 Å². The lowest BCUT2D eigenvalue weighted by Gasteiger charge is -2.32. The van der Waals surface area contributed by atoms with Gasteiger partial charge in [0.15, 0.2) is 5.82 Å². The Hall–Kier alpha value is -1.20. The highest BCUT2D eigenvalue weighted by molar-refractivity contribution is 7.11. The smallest absolute Gasteiger partial charge is 0.229 e. The Morgan fingerprint density at radius 3 is 2.95 bits per heavy atom. The zero-order valence-corrected chi connectivity index (χ0v) is 12.1. The molecule has 1 aliphatic rings. The molecule has 0 atom stereocenters. The van der Waals surface area contributed by atoms with Crippen molar-refractivity contribution in [1.82, 2.24) is 10.1 Å². The van der Waals surface area contributed by atoms with E-state index in [1.165, 1.54) is 9.75 Å². The summed E-state index contributed by atoms with van der Waals surface area (Å²) in [6.07, 6.45) is 3.16. The topological polar surface area (TPSA) is 48.2 Å². The summed E-state index contributed by atoms with van der Waals surface area (Å²) in [5, 5.41) is 4.07. The van der Waals surface area contributed by atoms with E-state index in [2.05, 4.69) is 29.2 Å². The highest BCUT2D eigenvalue weighted by Gasteiger charge is 2.34. The molecule has 3 rings (SSSR count). The van der Waals surface area contributed by atoms with Crippen LogP contribution >= 0.6 is 11.3 Å². The van der Waals surface area contributed by atoms with Gasteiger partial charge in [-0.05, 0) is 38.8 Å². The fourth-order valence-corrected chi connectivity index (χ4v) is 3.27. The van der Waals surface area contributed by atoms with Gasteiger partial charge in [-0.25, -0.2) is 0 Å². The molecular formula is C14H18N2O2S. The normalized spacial score (nSPS) is 22.4. The summed E-state index contributed by atoms with van der Waals surface area (Å²) in [7, 11) is 0. The van der Waals surface area contributed by atoms with E-state index in [0.29, 0.717) is 12.0 Å². The van der Waals surface area contributed by atoms with Gasteiger partial charge in [0.2, 0.25) is 5.89 Å². The van der Waals surface area contributed by atoms with Crippen LogP contribution in [0.15, 0.2) is 16.7 Å². The molecule has 0 N–H and O–H groups in total. The predicted molar refractivity (Wildman–Crippen MR) is 73.5 cm³/mol. The van der Waals surface area contributed by atoms with Gasteiger partial charge in [-0.15, -0.1) is 11.3 Å². The lowest BCUT2D eigenvalue weighted by Crippen LogP contribution is -2.29. The molecule has 0 spiro atoms. The standard InChI is InChI=1S/C14H18N2O2S/c1-3-17-11-6-10(7-11)14-15-13(16-18-14)8-12-5-4-9(2)19-12/h4-5,10-11H,3,6-8H2,1-2H3. The number of aromatic nitrogens is 2.